The molecule has 0 N–H and O–H groups in total. The summed E-state index contributed by atoms with van der Waals surface area (Å²) in [7, 11) is 6.20. The maximum absolute atomic E-state index is 5.54. The number of rotatable bonds is 6. The third-order valence-corrected chi connectivity index (χ3v) is 8.42. The summed E-state index contributed by atoms with van der Waals surface area (Å²) in [6, 6.07) is 12.6. The molecule has 140 valence electrons. The zero-order chi connectivity index (χ0) is 19.1. The number of hydrogen-bond acceptors (Lipinski definition) is 8. The molecule has 0 saturated heterocycles. The zero-order valence-electron chi connectivity index (χ0n) is 14.9. The Morgan fingerprint density at radius 2 is 1.12 bits per heavy atom. The van der Waals surface area contributed by atoms with E-state index in [1.165, 1.54) is 32.4 Å². The van der Waals surface area contributed by atoms with Gasteiger partial charge in [0.2, 0.25) is 8.77 Å². The van der Waals surface area contributed by atoms with E-state index in [9.17, 15) is 0 Å². The zero-order valence-corrected chi connectivity index (χ0v) is 19.8. The van der Waals surface area contributed by atoms with E-state index in [2.05, 4.69) is 24.3 Å². The summed E-state index contributed by atoms with van der Waals surface area (Å²) in [5.74, 6) is 0. The van der Waals surface area contributed by atoms with Crippen molar-refractivity contribution in [3.05, 3.63) is 36.4 Å². The number of thiocarbonyl (C=S) groups is 2. The largest absolute Gasteiger partial charge is 0.475 e. The smallest absolute Gasteiger partial charge is 0.231 e. The molecular formula is C18H20O2S6. The second kappa shape index (κ2) is 11.0. The van der Waals surface area contributed by atoms with E-state index in [4.69, 9.17) is 33.9 Å². The van der Waals surface area contributed by atoms with Gasteiger partial charge in [-0.05, 0) is 118 Å². The first kappa shape index (κ1) is 22.2. The third kappa shape index (κ3) is 7.13. The van der Waals surface area contributed by atoms with Crippen molar-refractivity contribution < 1.29 is 9.47 Å². The number of hydrogen-bond donors (Lipinski definition) is 0. The van der Waals surface area contributed by atoms with Crippen LogP contribution < -0.4 is 0 Å². The SMILES string of the molecule is CC(C)OC(=S)SSc1ccc(SSC(=S)OC(C)C)c2ccccc12. The highest BCUT2D eigenvalue weighted by Gasteiger charge is 2.11. The average Bonchev–Trinajstić information content (AvgIpc) is 2.57. The molecule has 2 rings (SSSR count). The monoisotopic (exact) mass is 460 g/mol. The van der Waals surface area contributed by atoms with Crippen LogP contribution in [0.5, 0.6) is 0 Å². The minimum Gasteiger partial charge on any atom is -0.475 e. The van der Waals surface area contributed by atoms with Crippen molar-refractivity contribution in [2.45, 2.75) is 49.7 Å². The minimum atomic E-state index is 0.0973. The van der Waals surface area contributed by atoms with Crippen LogP contribution in [0.3, 0.4) is 0 Å². The van der Waals surface area contributed by atoms with E-state index < -0.39 is 0 Å². The molecule has 0 heterocycles. The molecular weight excluding hydrogens is 441 g/mol. The molecule has 0 atom stereocenters. The van der Waals surface area contributed by atoms with Gasteiger partial charge in [0.25, 0.3) is 0 Å². The molecule has 0 fully saturated rings. The van der Waals surface area contributed by atoms with Gasteiger partial charge in [-0.2, -0.15) is 0 Å². The fourth-order valence-corrected chi connectivity index (χ4v) is 6.58. The lowest BCUT2D eigenvalue weighted by atomic mass is 10.1. The summed E-state index contributed by atoms with van der Waals surface area (Å²) in [5.41, 5.74) is 0. The Morgan fingerprint density at radius 3 is 1.46 bits per heavy atom. The van der Waals surface area contributed by atoms with Crippen LogP contribution in [0.15, 0.2) is 46.2 Å². The Morgan fingerprint density at radius 1 is 0.731 bits per heavy atom. The molecule has 0 spiro atoms. The molecule has 2 aromatic carbocycles. The van der Waals surface area contributed by atoms with Gasteiger partial charge in [-0.1, -0.05) is 24.3 Å². The first-order valence-corrected chi connectivity index (χ1v) is 13.1. The first-order chi connectivity index (χ1) is 12.4. The van der Waals surface area contributed by atoms with Gasteiger partial charge < -0.3 is 9.47 Å². The molecule has 26 heavy (non-hydrogen) atoms. The molecule has 0 bridgehead atoms. The van der Waals surface area contributed by atoms with Crippen molar-refractivity contribution in [3.8, 4) is 0 Å². The maximum atomic E-state index is 5.54. The van der Waals surface area contributed by atoms with Gasteiger partial charge >= 0.3 is 0 Å². The molecule has 2 nitrogen and oxygen atoms in total. The summed E-state index contributed by atoms with van der Waals surface area (Å²) in [4.78, 5) is 2.33. The van der Waals surface area contributed by atoms with E-state index in [-0.39, 0.29) is 12.2 Å². The van der Waals surface area contributed by atoms with Gasteiger partial charge in [0.05, 0.1) is 12.2 Å². The van der Waals surface area contributed by atoms with E-state index in [0.717, 1.165) is 9.79 Å². The fraction of sp³-hybridized carbons (Fsp3) is 0.333. The van der Waals surface area contributed by atoms with Crippen molar-refractivity contribution in [3.63, 3.8) is 0 Å². The topological polar surface area (TPSA) is 18.5 Å². The first-order valence-electron chi connectivity index (χ1n) is 7.99. The minimum absolute atomic E-state index is 0.0973. The molecule has 0 amide bonds. The summed E-state index contributed by atoms with van der Waals surface area (Å²) in [6.45, 7) is 7.90. The predicted molar refractivity (Wildman–Crippen MR) is 128 cm³/mol. The van der Waals surface area contributed by atoms with E-state index in [0.29, 0.717) is 8.77 Å². The van der Waals surface area contributed by atoms with Crippen molar-refractivity contribution in [1.82, 2.24) is 0 Å². The van der Waals surface area contributed by atoms with Gasteiger partial charge in [-0.25, -0.2) is 0 Å². The van der Waals surface area contributed by atoms with E-state index >= 15 is 0 Å². The van der Waals surface area contributed by atoms with Crippen molar-refractivity contribution >= 4 is 87.1 Å². The summed E-state index contributed by atoms with van der Waals surface area (Å²) < 4.78 is 12.2. The second-order valence-electron chi connectivity index (χ2n) is 5.77. The molecule has 0 unspecified atom stereocenters. The van der Waals surface area contributed by atoms with Crippen LogP contribution in [0, 0.1) is 0 Å². The summed E-state index contributed by atoms with van der Waals surface area (Å²) in [6.07, 6.45) is 0.195. The Hall–Kier alpha value is -0.120. The predicted octanol–water partition coefficient (Wildman–Crippen LogP) is 7.74. The fourth-order valence-electron chi connectivity index (χ4n) is 1.97. The molecule has 0 aliphatic heterocycles. The third-order valence-electron chi connectivity index (χ3n) is 2.91. The maximum Gasteiger partial charge on any atom is 0.231 e. The van der Waals surface area contributed by atoms with Gasteiger partial charge in [-0.15, -0.1) is 0 Å². The van der Waals surface area contributed by atoms with Crippen molar-refractivity contribution in [2.75, 3.05) is 0 Å². The average molecular weight is 461 g/mol. The van der Waals surface area contributed by atoms with Gasteiger partial charge in [0.1, 0.15) is 0 Å². The van der Waals surface area contributed by atoms with Crippen LogP contribution in [0.4, 0.5) is 0 Å². The molecule has 2 aromatic rings. The lowest BCUT2D eigenvalue weighted by Crippen LogP contribution is -2.04. The van der Waals surface area contributed by atoms with E-state index in [1.54, 1.807) is 21.6 Å². The normalized spacial score (nSPS) is 11.2. The van der Waals surface area contributed by atoms with Crippen LogP contribution in [0.25, 0.3) is 10.8 Å². The molecule has 0 saturated carbocycles. The Balaban J connectivity index is 2.12. The lowest BCUT2D eigenvalue weighted by molar-refractivity contribution is 0.243. The van der Waals surface area contributed by atoms with E-state index in [1.807, 2.05) is 39.8 Å². The van der Waals surface area contributed by atoms with Crippen molar-refractivity contribution in [1.29, 1.82) is 0 Å². The molecule has 0 aliphatic carbocycles. The lowest BCUT2D eigenvalue weighted by Gasteiger charge is -2.13. The number of benzene rings is 2. The molecule has 0 aromatic heterocycles. The summed E-state index contributed by atoms with van der Waals surface area (Å²) in [5, 5.41) is 2.39. The Kier molecular flexibility index (Phi) is 9.40. The molecule has 8 heteroatoms. The quantitative estimate of drug-likeness (QED) is 0.318. The highest BCUT2D eigenvalue weighted by atomic mass is 33.1. The molecule has 0 aliphatic rings. The number of ether oxygens (including phenoxy) is 2. The van der Waals surface area contributed by atoms with Crippen molar-refractivity contribution in [2.24, 2.45) is 0 Å². The standard InChI is InChI=1S/C18H20O2S6/c1-11(2)19-17(21)25-23-15-9-10-16(14-8-6-5-7-13(14)15)24-26-18(22)20-12(3)4/h5-12H,1-4H3. The van der Waals surface area contributed by atoms with Crippen LogP contribution in [0.2, 0.25) is 0 Å². The Bertz CT molecular complexity index is 711. The Labute approximate surface area is 181 Å². The van der Waals surface area contributed by atoms with Gasteiger partial charge in [0.15, 0.2) is 0 Å². The highest BCUT2D eigenvalue weighted by molar-refractivity contribution is 8.84. The summed E-state index contributed by atoms with van der Waals surface area (Å²) >= 11 is 10.5. The molecule has 0 radical (unpaired) electrons. The highest BCUT2D eigenvalue weighted by Crippen LogP contribution is 2.43. The van der Waals surface area contributed by atoms with Crippen LogP contribution in [-0.2, 0) is 9.47 Å². The number of fused-ring (bicyclic) bond motifs is 1. The van der Waals surface area contributed by atoms with Gasteiger partial charge in [-0.3, -0.25) is 0 Å². The van der Waals surface area contributed by atoms with Gasteiger partial charge in [0, 0.05) is 9.79 Å². The second-order valence-corrected chi connectivity index (χ2v) is 11.3. The van der Waals surface area contributed by atoms with Crippen LogP contribution in [0.1, 0.15) is 27.7 Å². The van der Waals surface area contributed by atoms with Crippen LogP contribution in [-0.4, -0.2) is 21.0 Å². The van der Waals surface area contributed by atoms with Crippen LogP contribution >= 0.6 is 67.6 Å².